The maximum atomic E-state index is 13.0. The Balaban J connectivity index is 1.58. The molecule has 0 spiro atoms. The Morgan fingerprint density at radius 2 is 1.89 bits per heavy atom. The van der Waals surface area contributed by atoms with Gasteiger partial charge in [-0.25, -0.2) is 9.78 Å². The Morgan fingerprint density at radius 3 is 2.58 bits per heavy atom. The van der Waals surface area contributed by atoms with Gasteiger partial charge in [-0.2, -0.15) is 5.10 Å². The minimum Gasteiger partial charge on any atom is -0.494 e. The minimum absolute atomic E-state index is 0.399. The number of esters is 1. The van der Waals surface area contributed by atoms with Gasteiger partial charge in [0, 0.05) is 36.3 Å². The number of rotatable bonds is 7. The third kappa shape index (κ3) is 4.55. The molecule has 1 aliphatic rings. The summed E-state index contributed by atoms with van der Waals surface area (Å²) in [6, 6.07) is 14.3. The SMILES string of the molecule is COc1cc(C(=O)OC(C)(C)C)cc2nc(-c3cc4ccccc4n3CC3CC3)n(Cc3cnn(C)c3)c12. The van der Waals surface area contributed by atoms with Crippen molar-refractivity contribution in [2.24, 2.45) is 13.0 Å². The molecular weight excluding hydrogens is 478 g/mol. The van der Waals surface area contributed by atoms with Crippen LogP contribution < -0.4 is 4.74 Å². The first-order valence-corrected chi connectivity index (χ1v) is 13.1. The fourth-order valence-corrected chi connectivity index (χ4v) is 5.08. The second-order valence-corrected chi connectivity index (χ2v) is 11.2. The molecule has 6 rings (SSSR count). The van der Waals surface area contributed by atoms with Crippen LogP contribution in [0.3, 0.4) is 0 Å². The molecule has 0 saturated heterocycles. The molecule has 0 atom stereocenters. The molecule has 1 fully saturated rings. The molecule has 3 aromatic heterocycles. The third-order valence-corrected chi connectivity index (χ3v) is 6.94. The predicted molar refractivity (Wildman–Crippen MR) is 147 cm³/mol. The van der Waals surface area contributed by atoms with Crippen molar-refractivity contribution in [3.8, 4) is 17.3 Å². The first-order valence-electron chi connectivity index (χ1n) is 13.1. The lowest BCUT2D eigenvalue weighted by molar-refractivity contribution is 0.00693. The third-order valence-electron chi connectivity index (χ3n) is 6.94. The van der Waals surface area contributed by atoms with Crippen LogP contribution in [0, 0.1) is 5.92 Å². The zero-order chi connectivity index (χ0) is 26.6. The lowest BCUT2D eigenvalue weighted by Gasteiger charge is -2.19. The number of fused-ring (bicyclic) bond motifs is 2. The number of para-hydroxylation sites is 1. The summed E-state index contributed by atoms with van der Waals surface area (Å²) in [6.45, 7) is 7.10. The van der Waals surface area contributed by atoms with Crippen molar-refractivity contribution in [1.29, 1.82) is 0 Å². The summed E-state index contributed by atoms with van der Waals surface area (Å²) < 4.78 is 17.9. The van der Waals surface area contributed by atoms with Gasteiger partial charge in [0.15, 0.2) is 5.82 Å². The van der Waals surface area contributed by atoms with E-state index in [1.807, 2.05) is 46.3 Å². The second-order valence-electron chi connectivity index (χ2n) is 11.2. The van der Waals surface area contributed by atoms with Crippen molar-refractivity contribution in [1.82, 2.24) is 23.9 Å². The number of carbonyl (C=O) groups is 1. The molecule has 1 aliphatic carbocycles. The van der Waals surface area contributed by atoms with Crippen molar-refractivity contribution in [2.45, 2.75) is 52.3 Å². The largest absolute Gasteiger partial charge is 0.494 e. The number of methoxy groups -OCH3 is 1. The molecule has 3 heterocycles. The van der Waals surface area contributed by atoms with E-state index in [9.17, 15) is 4.79 Å². The number of hydrogen-bond donors (Lipinski definition) is 0. The highest BCUT2D eigenvalue weighted by Crippen LogP contribution is 2.38. The van der Waals surface area contributed by atoms with Crippen LogP contribution in [0.4, 0.5) is 0 Å². The molecule has 0 amide bonds. The number of benzene rings is 2. The number of imidazole rings is 1. The number of aryl methyl sites for hydroxylation is 1. The summed E-state index contributed by atoms with van der Waals surface area (Å²) in [6.07, 6.45) is 6.39. The van der Waals surface area contributed by atoms with Crippen molar-refractivity contribution >= 4 is 27.9 Å². The van der Waals surface area contributed by atoms with Gasteiger partial charge in [0.25, 0.3) is 0 Å². The lowest BCUT2D eigenvalue weighted by atomic mass is 10.1. The van der Waals surface area contributed by atoms with Gasteiger partial charge in [-0.3, -0.25) is 4.68 Å². The lowest BCUT2D eigenvalue weighted by Crippen LogP contribution is -2.23. The second kappa shape index (κ2) is 9.04. The maximum Gasteiger partial charge on any atom is 0.338 e. The monoisotopic (exact) mass is 511 g/mol. The zero-order valence-corrected chi connectivity index (χ0v) is 22.6. The van der Waals surface area contributed by atoms with Crippen molar-refractivity contribution in [2.75, 3.05) is 7.11 Å². The molecule has 8 nitrogen and oxygen atoms in total. The van der Waals surface area contributed by atoms with Gasteiger partial charge in [-0.05, 0) is 63.8 Å². The Labute approximate surface area is 221 Å². The summed E-state index contributed by atoms with van der Waals surface area (Å²) in [5.41, 5.74) is 4.65. The van der Waals surface area contributed by atoms with E-state index in [1.54, 1.807) is 17.9 Å². The van der Waals surface area contributed by atoms with Crippen LogP contribution in [0.5, 0.6) is 5.75 Å². The van der Waals surface area contributed by atoms with Gasteiger partial charge in [0.05, 0.1) is 36.6 Å². The average Bonchev–Trinajstić information content (AvgIpc) is 3.32. The number of aromatic nitrogens is 5. The van der Waals surface area contributed by atoms with Crippen LogP contribution in [0.1, 0.15) is 49.5 Å². The fraction of sp³-hybridized carbons (Fsp3) is 0.367. The molecule has 38 heavy (non-hydrogen) atoms. The van der Waals surface area contributed by atoms with E-state index in [2.05, 4.69) is 44.6 Å². The van der Waals surface area contributed by atoms with Crippen LogP contribution in [0.15, 0.2) is 54.9 Å². The normalized spacial score (nSPS) is 13.9. The van der Waals surface area contributed by atoms with E-state index < -0.39 is 11.6 Å². The zero-order valence-electron chi connectivity index (χ0n) is 22.6. The number of carbonyl (C=O) groups excluding carboxylic acids is 1. The van der Waals surface area contributed by atoms with E-state index in [4.69, 9.17) is 14.5 Å². The summed E-state index contributed by atoms with van der Waals surface area (Å²) in [7, 11) is 3.54. The molecule has 0 unspecified atom stereocenters. The number of ether oxygens (including phenoxy) is 2. The van der Waals surface area contributed by atoms with E-state index in [0.29, 0.717) is 29.3 Å². The Bertz CT molecular complexity index is 1660. The first kappa shape index (κ1) is 24.3. The van der Waals surface area contributed by atoms with Crippen molar-refractivity contribution in [3.05, 3.63) is 66.0 Å². The maximum absolute atomic E-state index is 13.0. The molecular formula is C30H33N5O3. The van der Waals surface area contributed by atoms with Crippen LogP contribution >= 0.6 is 0 Å². The van der Waals surface area contributed by atoms with Gasteiger partial charge in [-0.15, -0.1) is 0 Å². The molecule has 2 aromatic carbocycles. The summed E-state index contributed by atoms with van der Waals surface area (Å²) >= 11 is 0. The minimum atomic E-state index is -0.603. The Hall–Kier alpha value is -4.07. The van der Waals surface area contributed by atoms with E-state index in [1.165, 1.54) is 23.7 Å². The Morgan fingerprint density at radius 1 is 1.11 bits per heavy atom. The topological polar surface area (TPSA) is 76.1 Å². The number of hydrogen-bond acceptors (Lipinski definition) is 5. The molecule has 5 aromatic rings. The van der Waals surface area contributed by atoms with Gasteiger partial charge in [0.1, 0.15) is 16.9 Å². The predicted octanol–water partition coefficient (Wildman–Crippen LogP) is 5.81. The molecule has 8 heteroatoms. The van der Waals surface area contributed by atoms with Gasteiger partial charge in [-0.1, -0.05) is 18.2 Å². The van der Waals surface area contributed by atoms with Crippen LogP contribution in [0.25, 0.3) is 33.5 Å². The average molecular weight is 512 g/mol. The quantitative estimate of drug-likeness (QED) is 0.258. The fourth-order valence-electron chi connectivity index (χ4n) is 5.08. The Kier molecular flexibility index (Phi) is 5.78. The van der Waals surface area contributed by atoms with Crippen molar-refractivity contribution < 1.29 is 14.3 Å². The number of nitrogens with zero attached hydrogens (tertiary/aromatic N) is 5. The van der Waals surface area contributed by atoms with E-state index >= 15 is 0 Å². The highest BCUT2D eigenvalue weighted by molar-refractivity contribution is 5.98. The van der Waals surface area contributed by atoms with E-state index in [0.717, 1.165) is 29.1 Å². The van der Waals surface area contributed by atoms with Gasteiger partial charge < -0.3 is 18.6 Å². The smallest absolute Gasteiger partial charge is 0.338 e. The van der Waals surface area contributed by atoms with Gasteiger partial charge >= 0.3 is 5.97 Å². The molecule has 0 aliphatic heterocycles. The first-order chi connectivity index (χ1) is 18.2. The van der Waals surface area contributed by atoms with Gasteiger partial charge in [0.2, 0.25) is 0 Å². The van der Waals surface area contributed by atoms with Crippen LogP contribution in [-0.2, 0) is 24.9 Å². The van der Waals surface area contributed by atoms with Crippen LogP contribution in [-0.4, -0.2) is 42.6 Å². The highest BCUT2D eigenvalue weighted by Gasteiger charge is 2.27. The molecule has 0 bridgehead atoms. The van der Waals surface area contributed by atoms with Crippen molar-refractivity contribution in [3.63, 3.8) is 0 Å². The highest BCUT2D eigenvalue weighted by atomic mass is 16.6. The summed E-state index contributed by atoms with van der Waals surface area (Å²) in [5, 5.41) is 5.56. The van der Waals surface area contributed by atoms with E-state index in [-0.39, 0.29) is 0 Å². The summed E-state index contributed by atoms with van der Waals surface area (Å²) in [4.78, 5) is 18.1. The standard InChI is InChI=1S/C30H33N5O3/c1-30(2,3)38-29(36)22-12-23-27(26(14-22)37-5)35(18-20-15-31-33(4)16-20)28(32-23)25-13-21-8-6-7-9-24(21)34(25)17-19-10-11-19/h6-9,12-16,19H,10-11,17-18H2,1-5H3. The molecule has 0 radical (unpaired) electrons. The summed E-state index contributed by atoms with van der Waals surface area (Å²) in [5.74, 6) is 1.70. The van der Waals surface area contributed by atoms with Crippen LogP contribution in [0.2, 0.25) is 0 Å². The molecule has 196 valence electrons. The molecule has 1 saturated carbocycles. The molecule has 0 N–H and O–H groups in total.